The highest BCUT2D eigenvalue weighted by Gasteiger charge is 2.32. The molecule has 59 heavy (non-hydrogen) atoms. The standard InChI is InChI=1S/C46H60N6O6S/c1-32(2)7-8-34-28-45(3,4)15-13-35(34)30-51-19-21-52(22-20-51)36-9-11-39(42(26-36)58-37-25-33-14-18-48-43(33)49-29-37)44(53)50(6)59(54,55)38-10-12-41(40(47)27-38)57-31-46(5)16-23-56-24-17-46/h9-12,14,18,25-27,29H,1,7-8,13,15-17,19-24,28,30-31,47H2,2-6H3,(H,48,49). The molecule has 12 nitrogen and oxygen atoms in total. The van der Waals surface area contributed by atoms with Gasteiger partial charge in [0.05, 0.1) is 29.0 Å². The number of hydrogen-bond acceptors (Lipinski definition) is 10. The molecule has 1 aliphatic carbocycles. The van der Waals surface area contributed by atoms with Crippen LogP contribution in [0.15, 0.2) is 89.1 Å². The average molecular weight is 825 g/mol. The van der Waals surface area contributed by atoms with E-state index in [0.29, 0.717) is 42.4 Å². The van der Waals surface area contributed by atoms with Gasteiger partial charge in [-0.25, -0.2) is 17.7 Å². The number of allylic oxidation sites excluding steroid dienone is 2. The maximum Gasteiger partial charge on any atom is 0.271 e. The highest BCUT2D eigenvalue weighted by atomic mass is 32.2. The van der Waals surface area contributed by atoms with Crippen molar-refractivity contribution in [3.8, 4) is 17.2 Å². The summed E-state index contributed by atoms with van der Waals surface area (Å²) in [5.74, 6) is 0.299. The van der Waals surface area contributed by atoms with E-state index < -0.39 is 15.9 Å². The molecule has 316 valence electrons. The van der Waals surface area contributed by atoms with E-state index in [9.17, 15) is 13.2 Å². The van der Waals surface area contributed by atoms with E-state index >= 15 is 0 Å². The van der Waals surface area contributed by atoms with Crippen molar-refractivity contribution in [1.82, 2.24) is 19.2 Å². The number of ether oxygens (including phenoxy) is 3. The molecule has 2 aromatic carbocycles. The fourth-order valence-electron chi connectivity index (χ4n) is 8.30. The van der Waals surface area contributed by atoms with Gasteiger partial charge in [0.25, 0.3) is 15.9 Å². The lowest BCUT2D eigenvalue weighted by Gasteiger charge is -2.39. The fourth-order valence-corrected chi connectivity index (χ4v) is 9.45. The molecular formula is C46H60N6O6S. The van der Waals surface area contributed by atoms with Gasteiger partial charge in [0.15, 0.2) is 0 Å². The summed E-state index contributed by atoms with van der Waals surface area (Å²) < 4.78 is 46.7. The van der Waals surface area contributed by atoms with E-state index in [-0.39, 0.29) is 27.3 Å². The number of anilines is 2. The minimum atomic E-state index is -4.32. The van der Waals surface area contributed by atoms with Gasteiger partial charge in [0.2, 0.25) is 0 Å². The highest BCUT2D eigenvalue weighted by Crippen LogP contribution is 2.41. The van der Waals surface area contributed by atoms with Crippen LogP contribution in [0, 0.1) is 10.8 Å². The Hall–Kier alpha value is -4.85. The molecule has 4 heterocycles. The first kappa shape index (κ1) is 42.3. The van der Waals surface area contributed by atoms with Gasteiger partial charge in [-0.05, 0) is 99.7 Å². The molecule has 13 heteroatoms. The van der Waals surface area contributed by atoms with Crippen molar-refractivity contribution in [3.05, 3.63) is 89.8 Å². The van der Waals surface area contributed by atoms with Gasteiger partial charge in [0, 0.05) is 81.7 Å². The number of H-pyrrole nitrogens is 1. The molecule has 4 aromatic rings. The number of nitrogens with two attached hydrogens (primary N) is 1. The van der Waals surface area contributed by atoms with Crippen LogP contribution in [0.1, 0.15) is 83.0 Å². The summed E-state index contributed by atoms with van der Waals surface area (Å²) in [6.07, 6.45) is 10.7. The van der Waals surface area contributed by atoms with Gasteiger partial charge in [-0.15, -0.1) is 6.58 Å². The molecule has 2 aliphatic heterocycles. The van der Waals surface area contributed by atoms with Crippen molar-refractivity contribution in [2.24, 2.45) is 10.8 Å². The Bertz CT molecular complexity index is 2320. The molecule has 0 atom stereocenters. The van der Waals surface area contributed by atoms with Gasteiger partial charge in [0.1, 0.15) is 22.9 Å². The van der Waals surface area contributed by atoms with Crippen LogP contribution >= 0.6 is 0 Å². The number of aromatic amines is 1. The molecule has 1 amide bonds. The first-order valence-electron chi connectivity index (χ1n) is 20.8. The topological polar surface area (TPSA) is 143 Å². The van der Waals surface area contributed by atoms with Crippen LogP contribution in [0.2, 0.25) is 0 Å². The average Bonchev–Trinajstić information content (AvgIpc) is 3.68. The number of hydrogen-bond donors (Lipinski definition) is 2. The number of fused-ring (bicyclic) bond motifs is 1. The summed E-state index contributed by atoms with van der Waals surface area (Å²) in [5.41, 5.74) is 12.9. The lowest BCUT2D eigenvalue weighted by Crippen LogP contribution is -2.47. The molecule has 7 rings (SSSR count). The Labute approximate surface area is 349 Å². The lowest BCUT2D eigenvalue weighted by molar-refractivity contribution is 0.000444. The number of sulfonamides is 1. The fraction of sp³-hybridized carbons (Fsp3) is 0.478. The van der Waals surface area contributed by atoms with Gasteiger partial charge in [-0.3, -0.25) is 9.69 Å². The summed E-state index contributed by atoms with van der Waals surface area (Å²) in [6.45, 7) is 19.3. The van der Waals surface area contributed by atoms with E-state index in [0.717, 1.165) is 86.6 Å². The smallest absolute Gasteiger partial charge is 0.271 e. The number of rotatable bonds is 14. The predicted molar refractivity (Wildman–Crippen MR) is 234 cm³/mol. The van der Waals surface area contributed by atoms with Gasteiger partial charge < -0.3 is 29.8 Å². The van der Waals surface area contributed by atoms with Crippen molar-refractivity contribution in [2.75, 3.05) is 70.2 Å². The summed E-state index contributed by atoms with van der Waals surface area (Å²) in [6, 6.07) is 13.4. The molecule has 2 aromatic heterocycles. The number of amides is 1. The zero-order valence-electron chi connectivity index (χ0n) is 35.3. The van der Waals surface area contributed by atoms with Crippen LogP contribution in [0.4, 0.5) is 11.4 Å². The van der Waals surface area contributed by atoms with Crippen LogP contribution < -0.4 is 20.1 Å². The second-order valence-electron chi connectivity index (χ2n) is 17.8. The molecule has 0 saturated carbocycles. The first-order chi connectivity index (χ1) is 28.1. The Kier molecular flexibility index (Phi) is 12.5. The van der Waals surface area contributed by atoms with E-state index in [1.165, 1.54) is 31.2 Å². The van der Waals surface area contributed by atoms with Crippen LogP contribution in [-0.4, -0.2) is 93.1 Å². The highest BCUT2D eigenvalue weighted by molar-refractivity contribution is 7.89. The molecule has 0 bridgehead atoms. The quantitative estimate of drug-likeness (QED) is 0.0938. The summed E-state index contributed by atoms with van der Waals surface area (Å²) in [4.78, 5) is 26.5. The number of aromatic nitrogens is 2. The van der Waals surface area contributed by atoms with E-state index in [1.807, 2.05) is 24.3 Å². The number of benzene rings is 2. The molecule has 2 saturated heterocycles. The van der Waals surface area contributed by atoms with Crippen LogP contribution in [0.3, 0.4) is 0 Å². The maximum absolute atomic E-state index is 14.2. The SMILES string of the molecule is C=C(C)CCC1=C(CN2CCN(c3ccc(C(=O)N(C)S(=O)(=O)c4ccc(OCC5(C)CCOCC5)c(N)c4)c(Oc4cnc5[nH]ccc5c4)c3)CC2)CCC(C)(C)C1. The van der Waals surface area contributed by atoms with Crippen molar-refractivity contribution in [1.29, 1.82) is 0 Å². The zero-order valence-corrected chi connectivity index (χ0v) is 36.1. The number of carbonyl (C=O) groups excluding carboxylic acids is 1. The third-order valence-electron chi connectivity index (χ3n) is 12.3. The van der Waals surface area contributed by atoms with Crippen LogP contribution in [0.25, 0.3) is 11.0 Å². The van der Waals surface area contributed by atoms with Gasteiger partial charge >= 0.3 is 0 Å². The number of nitrogens with zero attached hydrogens (tertiary/aromatic N) is 4. The van der Waals surface area contributed by atoms with Crippen molar-refractivity contribution in [3.63, 3.8) is 0 Å². The molecule has 3 N–H and O–H groups in total. The van der Waals surface area contributed by atoms with Crippen molar-refractivity contribution >= 4 is 38.3 Å². The first-order valence-corrected chi connectivity index (χ1v) is 22.2. The summed E-state index contributed by atoms with van der Waals surface area (Å²) in [5, 5.41) is 0.841. The minimum Gasteiger partial charge on any atom is -0.491 e. The van der Waals surface area contributed by atoms with Crippen molar-refractivity contribution < 1.29 is 27.4 Å². The molecule has 3 aliphatic rings. The monoisotopic (exact) mass is 824 g/mol. The third kappa shape index (κ3) is 9.96. The van der Waals surface area contributed by atoms with E-state index in [1.54, 1.807) is 35.7 Å². The Morgan fingerprint density at radius 1 is 1.00 bits per heavy atom. The van der Waals surface area contributed by atoms with E-state index in [4.69, 9.17) is 19.9 Å². The minimum absolute atomic E-state index is 0.0609. The molecule has 2 fully saturated rings. The van der Waals surface area contributed by atoms with Gasteiger partial charge in [-0.1, -0.05) is 37.5 Å². The Balaban J connectivity index is 1.09. The number of pyridine rings is 1. The van der Waals surface area contributed by atoms with Crippen LogP contribution in [0.5, 0.6) is 17.2 Å². The third-order valence-corrected chi connectivity index (χ3v) is 14.0. The lowest BCUT2D eigenvalue weighted by atomic mass is 9.73. The van der Waals surface area contributed by atoms with Crippen molar-refractivity contribution in [2.45, 2.75) is 77.5 Å². The molecule has 0 spiro atoms. The van der Waals surface area contributed by atoms with Crippen LogP contribution in [-0.2, 0) is 14.8 Å². The summed E-state index contributed by atoms with van der Waals surface area (Å²) >= 11 is 0. The molecule has 0 unspecified atom stereocenters. The second-order valence-corrected chi connectivity index (χ2v) is 19.8. The Morgan fingerprint density at radius 3 is 2.49 bits per heavy atom. The number of nitrogens with one attached hydrogen (secondary N) is 1. The zero-order chi connectivity index (χ0) is 42.0. The number of carbonyl (C=O) groups is 1. The largest absolute Gasteiger partial charge is 0.491 e. The van der Waals surface area contributed by atoms with E-state index in [2.05, 4.69) is 54.0 Å². The molecular weight excluding hydrogens is 765 g/mol. The molecule has 0 radical (unpaired) electrons. The second kappa shape index (κ2) is 17.4. The predicted octanol–water partition coefficient (Wildman–Crippen LogP) is 8.58. The summed E-state index contributed by atoms with van der Waals surface area (Å²) in [7, 11) is -3.06. The van der Waals surface area contributed by atoms with Gasteiger partial charge in [-0.2, -0.15) is 0 Å². The number of nitrogen functional groups attached to an aromatic ring is 1. The normalized spacial score (nSPS) is 18.5. The number of piperazine rings is 1. The maximum atomic E-state index is 14.2. The Morgan fingerprint density at radius 2 is 1.76 bits per heavy atom.